The third-order valence-corrected chi connectivity index (χ3v) is 18.7. The molecule has 3 N–H and O–H groups in total. The zero-order valence-electron chi connectivity index (χ0n) is 59.0. The zero-order chi connectivity index (χ0) is 67.0. The van der Waals surface area contributed by atoms with Gasteiger partial charge in [0, 0.05) is 25.7 Å². The van der Waals surface area contributed by atoms with Crippen LogP contribution in [0.25, 0.3) is 0 Å². The van der Waals surface area contributed by atoms with Gasteiger partial charge in [0.2, 0.25) is 0 Å². The van der Waals surface area contributed by atoms with E-state index in [0.717, 1.165) is 115 Å². The molecule has 0 rings (SSSR count). The van der Waals surface area contributed by atoms with E-state index >= 15 is 0 Å². The van der Waals surface area contributed by atoms with Crippen LogP contribution >= 0.6 is 15.6 Å². The van der Waals surface area contributed by atoms with Crippen LogP contribution in [0.2, 0.25) is 0 Å². The van der Waals surface area contributed by atoms with E-state index in [1.807, 2.05) is 0 Å². The number of esters is 4. The Morgan fingerprint density at radius 3 is 0.747 bits per heavy atom. The second-order valence-corrected chi connectivity index (χ2v) is 29.4. The van der Waals surface area contributed by atoms with Crippen molar-refractivity contribution in [2.75, 3.05) is 39.6 Å². The average Bonchev–Trinajstić information content (AvgIpc) is 3.50. The van der Waals surface area contributed by atoms with Gasteiger partial charge in [0.05, 0.1) is 26.4 Å². The second-order valence-electron chi connectivity index (χ2n) is 26.5. The van der Waals surface area contributed by atoms with E-state index in [1.165, 1.54) is 180 Å². The summed E-state index contributed by atoms with van der Waals surface area (Å²) < 4.78 is 68.2. The van der Waals surface area contributed by atoms with Gasteiger partial charge < -0.3 is 33.8 Å². The number of aliphatic hydroxyl groups is 1. The lowest BCUT2D eigenvalue weighted by molar-refractivity contribution is -0.161. The van der Waals surface area contributed by atoms with Gasteiger partial charge in [-0.3, -0.25) is 37.3 Å². The number of phosphoric acid groups is 2. The van der Waals surface area contributed by atoms with Crippen LogP contribution in [-0.4, -0.2) is 96.7 Å². The first-order valence-corrected chi connectivity index (χ1v) is 40.6. The van der Waals surface area contributed by atoms with E-state index in [4.69, 9.17) is 37.0 Å². The minimum absolute atomic E-state index is 0.105. The highest BCUT2D eigenvalue weighted by Gasteiger charge is 2.30. The van der Waals surface area contributed by atoms with Crippen LogP contribution in [0.15, 0.2) is 0 Å². The largest absolute Gasteiger partial charge is 0.472 e. The molecule has 0 saturated carbocycles. The normalized spacial score (nSPS) is 14.0. The summed E-state index contributed by atoms with van der Waals surface area (Å²) in [6.45, 7) is 7.22. The van der Waals surface area contributed by atoms with Crippen LogP contribution < -0.4 is 0 Å². The molecule has 0 aromatic carbocycles. The van der Waals surface area contributed by atoms with Gasteiger partial charge in [-0.2, -0.15) is 0 Å². The minimum atomic E-state index is -4.95. The standard InChI is InChI=1S/C72H140O17P2/c1-6-9-12-15-18-20-21-22-23-24-28-31-34-37-42-46-51-56-70(75)83-62-68(89-72(77)58-53-48-43-38-35-32-29-26-25-27-30-33-36-40-44-49-54-65(4)5)64-87-91(80,81)85-60-66(73)59-84-90(78,79)86-63-67(61-82-69(74)55-50-45-39-17-14-11-8-3)88-71(76)57-52-47-41-19-16-13-10-7-2/h65-68,73H,6-64H2,1-5H3,(H,78,79)(H,80,81)/t66-,67+,68+/m0/s1. The number of carbonyl (C=O) groups excluding carboxylic acids is 4. The smallest absolute Gasteiger partial charge is 0.462 e. The van der Waals surface area contributed by atoms with Gasteiger partial charge in [0.25, 0.3) is 0 Å². The lowest BCUT2D eigenvalue weighted by Crippen LogP contribution is -2.30. The number of hydrogen-bond acceptors (Lipinski definition) is 15. The summed E-state index contributed by atoms with van der Waals surface area (Å²) in [5.74, 6) is -1.32. The van der Waals surface area contributed by atoms with Crippen LogP contribution in [0, 0.1) is 5.92 Å². The number of carbonyl (C=O) groups is 4. The Labute approximate surface area is 556 Å². The van der Waals surface area contributed by atoms with Crippen LogP contribution in [0.5, 0.6) is 0 Å². The third-order valence-electron chi connectivity index (χ3n) is 16.8. The van der Waals surface area contributed by atoms with Crippen molar-refractivity contribution in [2.24, 2.45) is 5.92 Å². The molecule has 2 unspecified atom stereocenters. The molecule has 0 aliphatic heterocycles. The van der Waals surface area contributed by atoms with E-state index in [9.17, 15) is 43.2 Å². The lowest BCUT2D eigenvalue weighted by atomic mass is 10.0. The summed E-state index contributed by atoms with van der Waals surface area (Å²) in [6, 6.07) is 0. The SMILES string of the molecule is CCCCCCCCCCCCCCCCCCCC(=O)OC[C@H](COP(=O)(O)OC[C@@H](O)COP(=O)(O)OC[C@@H](COC(=O)CCCCCCCCC)OC(=O)CCCCCCCCCC)OC(=O)CCCCCCCCCCCCCCCCCCC(C)C. The number of hydrogen-bond donors (Lipinski definition) is 3. The Morgan fingerprint density at radius 2 is 0.505 bits per heavy atom. The Balaban J connectivity index is 5.15. The fourth-order valence-corrected chi connectivity index (χ4v) is 12.6. The van der Waals surface area contributed by atoms with Crippen molar-refractivity contribution in [1.82, 2.24) is 0 Å². The highest BCUT2D eigenvalue weighted by Crippen LogP contribution is 2.45. The van der Waals surface area contributed by atoms with Crippen molar-refractivity contribution in [3.63, 3.8) is 0 Å². The van der Waals surface area contributed by atoms with E-state index in [1.54, 1.807) is 0 Å². The molecule has 91 heavy (non-hydrogen) atoms. The van der Waals surface area contributed by atoms with Crippen molar-refractivity contribution < 1.29 is 80.2 Å². The molecule has 0 aliphatic rings. The molecule has 0 fully saturated rings. The average molecular weight is 1340 g/mol. The second kappa shape index (κ2) is 65.4. The number of ether oxygens (including phenoxy) is 4. The Kier molecular flexibility index (Phi) is 64.0. The van der Waals surface area contributed by atoms with E-state index in [0.29, 0.717) is 25.7 Å². The third kappa shape index (κ3) is 66.5. The van der Waals surface area contributed by atoms with Gasteiger partial charge >= 0.3 is 39.5 Å². The molecule has 19 heteroatoms. The van der Waals surface area contributed by atoms with Gasteiger partial charge in [-0.25, -0.2) is 9.13 Å². The molecule has 0 bridgehead atoms. The van der Waals surface area contributed by atoms with Crippen molar-refractivity contribution in [3.8, 4) is 0 Å². The maximum absolute atomic E-state index is 13.1. The summed E-state index contributed by atoms with van der Waals surface area (Å²) in [6.07, 6.45) is 53.0. The number of aliphatic hydroxyl groups excluding tert-OH is 1. The van der Waals surface area contributed by atoms with E-state index in [2.05, 4.69) is 34.6 Å². The van der Waals surface area contributed by atoms with Gasteiger partial charge in [-0.15, -0.1) is 0 Å². The molecule has 540 valence electrons. The van der Waals surface area contributed by atoms with Gasteiger partial charge in [0.1, 0.15) is 19.3 Å². The van der Waals surface area contributed by atoms with E-state index in [-0.39, 0.29) is 25.7 Å². The first kappa shape index (κ1) is 89.1. The predicted molar refractivity (Wildman–Crippen MR) is 368 cm³/mol. The lowest BCUT2D eigenvalue weighted by Gasteiger charge is -2.21. The first-order valence-electron chi connectivity index (χ1n) is 37.6. The highest BCUT2D eigenvalue weighted by atomic mass is 31.2. The molecule has 0 aliphatic carbocycles. The molecule has 17 nitrogen and oxygen atoms in total. The Hall–Kier alpha value is -1.94. The Bertz CT molecular complexity index is 1750. The van der Waals surface area contributed by atoms with Gasteiger partial charge in [0.15, 0.2) is 12.2 Å². The maximum Gasteiger partial charge on any atom is 0.472 e. The molecule has 0 aromatic rings. The molecule has 0 amide bonds. The van der Waals surface area contributed by atoms with Crippen molar-refractivity contribution in [2.45, 2.75) is 393 Å². The molecule has 0 saturated heterocycles. The molecule has 0 aromatic heterocycles. The predicted octanol–water partition coefficient (Wildman–Crippen LogP) is 20.9. The summed E-state index contributed by atoms with van der Waals surface area (Å²) in [5.41, 5.74) is 0. The van der Waals surface area contributed by atoms with E-state index < -0.39 is 97.5 Å². The summed E-state index contributed by atoms with van der Waals surface area (Å²) >= 11 is 0. The molecule has 0 heterocycles. The molecular weight excluding hydrogens is 1200 g/mol. The number of rotatable bonds is 72. The maximum atomic E-state index is 13.1. The number of unbranched alkanes of at least 4 members (excludes halogenated alkanes) is 44. The fraction of sp³-hybridized carbons (Fsp3) is 0.944. The number of phosphoric ester groups is 2. The van der Waals surface area contributed by atoms with Crippen LogP contribution in [0.3, 0.4) is 0 Å². The van der Waals surface area contributed by atoms with Gasteiger partial charge in [-0.05, 0) is 31.6 Å². The minimum Gasteiger partial charge on any atom is -0.462 e. The zero-order valence-corrected chi connectivity index (χ0v) is 60.8. The quantitative estimate of drug-likeness (QED) is 0.0222. The molecule has 5 atom stereocenters. The van der Waals surface area contributed by atoms with Crippen molar-refractivity contribution in [3.05, 3.63) is 0 Å². The van der Waals surface area contributed by atoms with Gasteiger partial charge in [-0.1, -0.05) is 324 Å². The molecule has 0 spiro atoms. The topological polar surface area (TPSA) is 237 Å². The monoisotopic (exact) mass is 1340 g/mol. The van der Waals surface area contributed by atoms with Crippen molar-refractivity contribution >= 4 is 39.5 Å². The highest BCUT2D eigenvalue weighted by molar-refractivity contribution is 7.47. The van der Waals surface area contributed by atoms with Crippen LogP contribution in [0.4, 0.5) is 0 Å². The molecular formula is C72H140O17P2. The fourth-order valence-electron chi connectivity index (χ4n) is 11.0. The summed E-state index contributed by atoms with van der Waals surface area (Å²) in [5, 5.41) is 10.6. The summed E-state index contributed by atoms with van der Waals surface area (Å²) in [4.78, 5) is 72.4. The van der Waals surface area contributed by atoms with Crippen molar-refractivity contribution in [1.29, 1.82) is 0 Å². The Morgan fingerprint density at radius 1 is 0.297 bits per heavy atom. The summed E-state index contributed by atoms with van der Waals surface area (Å²) in [7, 11) is -9.89. The van der Waals surface area contributed by atoms with Crippen LogP contribution in [-0.2, 0) is 65.4 Å². The first-order chi connectivity index (χ1) is 44.0. The van der Waals surface area contributed by atoms with Crippen LogP contribution in [0.1, 0.15) is 375 Å². The molecule has 0 radical (unpaired) electrons.